The molecule has 3 rings (SSSR count). The Morgan fingerprint density at radius 1 is 1.23 bits per heavy atom. The number of esters is 1. The summed E-state index contributed by atoms with van der Waals surface area (Å²) in [5, 5.41) is 22.6. The molecule has 0 saturated carbocycles. The van der Waals surface area contributed by atoms with E-state index >= 15 is 0 Å². The fourth-order valence-corrected chi connectivity index (χ4v) is 2.16. The fraction of sp³-hybridized carbons (Fsp3) is 0.0625. The first-order valence-corrected chi connectivity index (χ1v) is 7.12. The highest BCUT2D eigenvalue weighted by Gasteiger charge is 2.20. The summed E-state index contributed by atoms with van der Waals surface area (Å²) < 4.78 is 14.7. The molecule has 2 aromatic heterocycles. The SMILES string of the molecule is N#Cc1oc2ccccc2c1NC(=O)COC(=O)c1ccc([N+](=O)[O-])o1. The third-order valence-corrected chi connectivity index (χ3v) is 3.27. The first-order chi connectivity index (χ1) is 12.5. The molecule has 2 heterocycles. The lowest BCUT2D eigenvalue weighted by atomic mass is 10.2. The number of amides is 1. The monoisotopic (exact) mass is 355 g/mol. The number of hydrogen-bond donors (Lipinski definition) is 1. The van der Waals surface area contributed by atoms with Gasteiger partial charge in [0.05, 0.1) is 6.07 Å². The molecule has 0 aliphatic heterocycles. The topological polar surface area (TPSA) is 149 Å². The Labute approximate surface area is 144 Å². The minimum absolute atomic E-state index is 0.0902. The maximum atomic E-state index is 12.0. The van der Waals surface area contributed by atoms with Gasteiger partial charge in [-0.05, 0) is 18.2 Å². The van der Waals surface area contributed by atoms with E-state index in [1.165, 1.54) is 0 Å². The van der Waals surface area contributed by atoms with Crippen molar-refractivity contribution in [1.82, 2.24) is 0 Å². The number of benzene rings is 1. The minimum atomic E-state index is -1.04. The van der Waals surface area contributed by atoms with Gasteiger partial charge in [-0.15, -0.1) is 0 Å². The Bertz CT molecular complexity index is 1060. The van der Waals surface area contributed by atoms with Crippen molar-refractivity contribution in [2.45, 2.75) is 0 Å². The van der Waals surface area contributed by atoms with E-state index in [9.17, 15) is 19.7 Å². The fourth-order valence-electron chi connectivity index (χ4n) is 2.16. The number of ether oxygens (including phenoxy) is 1. The highest BCUT2D eigenvalue weighted by molar-refractivity contribution is 6.03. The van der Waals surface area contributed by atoms with E-state index in [1.54, 1.807) is 24.3 Å². The third-order valence-electron chi connectivity index (χ3n) is 3.27. The highest BCUT2D eigenvalue weighted by atomic mass is 16.7. The normalized spacial score (nSPS) is 10.3. The van der Waals surface area contributed by atoms with Gasteiger partial charge in [-0.3, -0.25) is 14.9 Å². The first-order valence-electron chi connectivity index (χ1n) is 7.12. The Hall–Kier alpha value is -4.13. The average Bonchev–Trinajstić information content (AvgIpc) is 3.25. The van der Waals surface area contributed by atoms with Crippen LogP contribution in [0.4, 0.5) is 11.6 Å². The number of carbonyl (C=O) groups excluding carboxylic acids is 2. The lowest BCUT2D eigenvalue weighted by molar-refractivity contribution is -0.402. The van der Waals surface area contributed by atoms with E-state index in [0.717, 1.165) is 12.1 Å². The zero-order valence-electron chi connectivity index (χ0n) is 12.9. The van der Waals surface area contributed by atoms with E-state index in [0.29, 0.717) is 11.0 Å². The molecule has 10 heteroatoms. The quantitative estimate of drug-likeness (QED) is 0.417. The second kappa shape index (κ2) is 6.78. The van der Waals surface area contributed by atoms with Crippen LogP contribution in [0.2, 0.25) is 0 Å². The number of nitriles is 1. The van der Waals surface area contributed by atoms with Gasteiger partial charge in [0.1, 0.15) is 22.3 Å². The number of carbonyl (C=O) groups is 2. The lowest BCUT2D eigenvalue weighted by Crippen LogP contribution is -2.21. The minimum Gasteiger partial charge on any atom is -0.450 e. The summed E-state index contributed by atoms with van der Waals surface area (Å²) >= 11 is 0. The van der Waals surface area contributed by atoms with Crippen molar-refractivity contribution in [3.63, 3.8) is 0 Å². The van der Waals surface area contributed by atoms with E-state index in [1.807, 2.05) is 6.07 Å². The Morgan fingerprint density at radius 2 is 2.00 bits per heavy atom. The molecule has 3 aromatic rings. The van der Waals surface area contributed by atoms with Crippen molar-refractivity contribution < 1.29 is 28.1 Å². The van der Waals surface area contributed by atoms with Gasteiger partial charge in [0.2, 0.25) is 11.5 Å². The van der Waals surface area contributed by atoms with Crippen molar-refractivity contribution in [1.29, 1.82) is 5.26 Å². The van der Waals surface area contributed by atoms with Gasteiger partial charge in [0, 0.05) is 5.39 Å². The summed E-state index contributed by atoms with van der Waals surface area (Å²) in [5.41, 5.74) is 0.581. The summed E-state index contributed by atoms with van der Waals surface area (Å²) in [6.07, 6.45) is 0. The molecular formula is C16H9N3O7. The molecular weight excluding hydrogens is 346 g/mol. The van der Waals surface area contributed by atoms with Gasteiger partial charge < -0.3 is 18.9 Å². The second-order valence-electron chi connectivity index (χ2n) is 4.93. The number of nitrogens with one attached hydrogen (secondary N) is 1. The molecule has 0 saturated heterocycles. The summed E-state index contributed by atoms with van der Waals surface area (Å²) in [5.74, 6) is -2.87. The number of nitrogens with zero attached hydrogens (tertiary/aromatic N) is 2. The number of furan rings is 2. The molecule has 0 bridgehead atoms. The third kappa shape index (κ3) is 3.22. The van der Waals surface area contributed by atoms with Crippen molar-refractivity contribution in [2.75, 3.05) is 11.9 Å². The van der Waals surface area contributed by atoms with E-state index in [-0.39, 0.29) is 11.4 Å². The molecule has 0 atom stereocenters. The molecule has 0 radical (unpaired) electrons. The van der Waals surface area contributed by atoms with Crippen molar-refractivity contribution >= 4 is 34.4 Å². The maximum absolute atomic E-state index is 12.0. The van der Waals surface area contributed by atoms with Crippen molar-refractivity contribution in [3.05, 3.63) is 58.0 Å². The van der Waals surface area contributed by atoms with E-state index in [4.69, 9.17) is 14.4 Å². The zero-order chi connectivity index (χ0) is 18.7. The number of anilines is 1. The first kappa shape index (κ1) is 16.7. The zero-order valence-corrected chi connectivity index (χ0v) is 12.9. The molecule has 1 N–H and O–H groups in total. The summed E-state index contributed by atoms with van der Waals surface area (Å²) in [7, 11) is 0. The van der Waals surface area contributed by atoms with Crippen LogP contribution in [0.1, 0.15) is 16.3 Å². The standard InChI is InChI=1S/C16H9N3O7/c17-7-12-15(9-3-1-2-4-10(9)25-12)18-13(20)8-24-16(21)11-5-6-14(26-11)19(22)23/h1-6H,8H2,(H,18,20). The van der Waals surface area contributed by atoms with Crippen LogP contribution in [0.15, 0.2) is 45.2 Å². The molecule has 1 amide bonds. The second-order valence-corrected chi connectivity index (χ2v) is 4.93. The molecule has 1 aromatic carbocycles. The molecule has 10 nitrogen and oxygen atoms in total. The lowest BCUT2D eigenvalue weighted by Gasteiger charge is -2.04. The number of nitro groups is 1. The van der Waals surface area contributed by atoms with Gasteiger partial charge in [0.15, 0.2) is 6.61 Å². The summed E-state index contributed by atoms with van der Waals surface area (Å²) in [6.45, 7) is -0.683. The number of rotatable bonds is 5. The number of fused-ring (bicyclic) bond motifs is 1. The van der Waals surface area contributed by atoms with Gasteiger partial charge in [-0.2, -0.15) is 5.26 Å². The maximum Gasteiger partial charge on any atom is 0.433 e. The number of para-hydroxylation sites is 1. The predicted molar refractivity (Wildman–Crippen MR) is 85.2 cm³/mol. The average molecular weight is 355 g/mol. The summed E-state index contributed by atoms with van der Waals surface area (Å²) in [6, 6.07) is 10.6. The van der Waals surface area contributed by atoms with Crippen LogP contribution < -0.4 is 5.32 Å². The molecule has 0 spiro atoms. The largest absolute Gasteiger partial charge is 0.450 e. The van der Waals surface area contributed by atoms with E-state index in [2.05, 4.69) is 9.73 Å². The van der Waals surface area contributed by atoms with Gasteiger partial charge >= 0.3 is 11.9 Å². The van der Waals surface area contributed by atoms with Crippen molar-refractivity contribution in [3.8, 4) is 6.07 Å². The Morgan fingerprint density at radius 3 is 2.69 bits per heavy atom. The Balaban J connectivity index is 1.67. The molecule has 0 aliphatic carbocycles. The smallest absolute Gasteiger partial charge is 0.433 e. The van der Waals surface area contributed by atoms with Crippen LogP contribution in [-0.4, -0.2) is 23.4 Å². The highest BCUT2D eigenvalue weighted by Crippen LogP contribution is 2.30. The molecule has 0 fully saturated rings. The van der Waals surface area contributed by atoms with Crippen LogP contribution in [0.25, 0.3) is 11.0 Å². The van der Waals surface area contributed by atoms with Crippen molar-refractivity contribution in [2.24, 2.45) is 0 Å². The van der Waals surface area contributed by atoms with Crippen LogP contribution in [0, 0.1) is 21.4 Å². The van der Waals surface area contributed by atoms with Crippen LogP contribution in [-0.2, 0) is 9.53 Å². The van der Waals surface area contributed by atoms with Gasteiger partial charge in [0.25, 0.3) is 5.91 Å². The predicted octanol–water partition coefficient (Wildman–Crippen LogP) is 2.60. The Kier molecular flexibility index (Phi) is 4.36. The van der Waals surface area contributed by atoms with Crippen LogP contribution in [0.5, 0.6) is 0 Å². The molecule has 26 heavy (non-hydrogen) atoms. The van der Waals surface area contributed by atoms with Gasteiger partial charge in [-0.25, -0.2) is 4.79 Å². The number of hydrogen-bond acceptors (Lipinski definition) is 8. The summed E-state index contributed by atoms with van der Waals surface area (Å²) in [4.78, 5) is 33.4. The van der Waals surface area contributed by atoms with Crippen LogP contribution in [0.3, 0.4) is 0 Å². The molecule has 130 valence electrons. The van der Waals surface area contributed by atoms with E-state index < -0.39 is 35.1 Å². The van der Waals surface area contributed by atoms with Gasteiger partial charge in [-0.1, -0.05) is 12.1 Å². The molecule has 0 unspecified atom stereocenters. The van der Waals surface area contributed by atoms with Crippen LogP contribution >= 0.6 is 0 Å². The molecule has 0 aliphatic rings.